The number of urea groups is 1. The predicted molar refractivity (Wildman–Crippen MR) is 167 cm³/mol. The summed E-state index contributed by atoms with van der Waals surface area (Å²) in [4.78, 5) is 38.6. The summed E-state index contributed by atoms with van der Waals surface area (Å²) < 4.78 is 47.5. The number of carbonyl (C=O) groups excluding carboxylic acids is 2. The number of anilines is 1. The highest BCUT2D eigenvalue weighted by atomic mass is 35.5. The van der Waals surface area contributed by atoms with Crippen molar-refractivity contribution in [3.63, 3.8) is 0 Å². The van der Waals surface area contributed by atoms with Gasteiger partial charge >= 0.3 is 18.2 Å². The van der Waals surface area contributed by atoms with Crippen molar-refractivity contribution >= 4 is 46.8 Å². The Morgan fingerprint density at radius 2 is 1.76 bits per heavy atom. The average molecular weight is 690 g/mol. The zero-order chi connectivity index (χ0) is 34.0. The summed E-state index contributed by atoms with van der Waals surface area (Å²) in [5.74, 6) is -3.32. The maximum absolute atomic E-state index is 15.8. The topological polar surface area (TPSA) is 111 Å². The van der Waals surface area contributed by atoms with Crippen molar-refractivity contribution in [2.45, 2.75) is 64.1 Å². The number of rotatable bonds is 5. The molecule has 0 bridgehead atoms. The van der Waals surface area contributed by atoms with Crippen LogP contribution < -0.4 is 16.0 Å². The first-order chi connectivity index (χ1) is 21.5. The molecule has 4 N–H and O–H groups in total. The monoisotopic (exact) mass is 688 g/mol. The minimum absolute atomic E-state index is 0.0390. The van der Waals surface area contributed by atoms with Gasteiger partial charge in [0.15, 0.2) is 0 Å². The van der Waals surface area contributed by atoms with Gasteiger partial charge in [0.2, 0.25) is 5.91 Å². The molecule has 3 amide bonds. The Morgan fingerprint density at radius 1 is 1.11 bits per heavy atom. The Hall–Kier alpha value is -3.09. The molecule has 2 aromatic rings. The largest absolute Gasteiger partial charge is 0.490 e. The average Bonchev–Trinajstić information content (AvgIpc) is 3.43. The van der Waals surface area contributed by atoms with Gasteiger partial charge in [0.25, 0.3) is 0 Å². The molecule has 8 nitrogen and oxygen atoms in total. The molecule has 3 aliphatic rings. The second-order valence-corrected chi connectivity index (χ2v) is 14.0. The number of hydrogen-bond donors (Lipinski definition) is 4. The van der Waals surface area contributed by atoms with E-state index in [4.69, 9.17) is 33.1 Å². The first kappa shape index (κ1) is 35.8. The molecule has 0 radical (unpaired) electrons. The summed E-state index contributed by atoms with van der Waals surface area (Å²) in [6.07, 6.45) is -1.37. The van der Waals surface area contributed by atoms with Gasteiger partial charge in [0.1, 0.15) is 11.2 Å². The summed E-state index contributed by atoms with van der Waals surface area (Å²) in [7, 11) is 0. The lowest BCUT2D eigenvalue weighted by Crippen LogP contribution is -2.48. The van der Waals surface area contributed by atoms with Crippen LogP contribution in [0.5, 0.6) is 0 Å². The molecular formula is C32H38Cl2F4N4O4. The van der Waals surface area contributed by atoms with Crippen LogP contribution in [-0.2, 0) is 15.0 Å². The van der Waals surface area contributed by atoms with Gasteiger partial charge in [-0.3, -0.25) is 4.79 Å². The van der Waals surface area contributed by atoms with Gasteiger partial charge in [-0.1, -0.05) is 62.2 Å². The summed E-state index contributed by atoms with van der Waals surface area (Å²) >= 11 is 12.6. The number of aliphatic carboxylic acids is 1. The molecule has 3 heterocycles. The minimum Gasteiger partial charge on any atom is -0.475 e. The van der Waals surface area contributed by atoms with Crippen LogP contribution in [0.2, 0.25) is 10.0 Å². The molecule has 3 aliphatic heterocycles. The van der Waals surface area contributed by atoms with Crippen LogP contribution in [0.25, 0.3) is 0 Å². The number of benzene rings is 2. The highest BCUT2D eigenvalue weighted by molar-refractivity contribution is 6.31. The lowest BCUT2D eigenvalue weighted by atomic mass is 9.63. The third-order valence-corrected chi connectivity index (χ3v) is 9.31. The molecule has 2 aromatic carbocycles. The number of halogens is 6. The first-order valence-electron chi connectivity index (χ1n) is 15.1. The quantitative estimate of drug-likeness (QED) is 0.249. The van der Waals surface area contributed by atoms with Crippen LogP contribution >= 0.6 is 23.2 Å². The molecule has 2 unspecified atom stereocenters. The highest BCUT2D eigenvalue weighted by Gasteiger charge is 2.65. The van der Waals surface area contributed by atoms with Crippen LogP contribution in [0, 0.1) is 23.1 Å². The number of piperidine rings is 1. The van der Waals surface area contributed by atoms with Crippen LogP contribution in [-0.4, -0.2) is 60.3 Å². The molecule has 3 atom stereocenters. The van der Waals surface area contributed by atoms with Gasteiger partial charge in [-0.25, -0.2) is 14.0 Å². The van der Waals surface area contributed by atoms with Crippen molar-refractivity contribution in [3.05, 3.63) is 63.4 Å². The van der Waals surface area contributed by atoms with Crippen molar-refractivity contribution in [1.82, 2.24) is 15.5 Å². The number of carbonyl (C=O) groups is 3. The fraction of sp³-hybridized carbons (Fsp3) is 0.531. The van der Waals surface area contributed by atoms with E-state index in [1.807, 2.05) is 6.07 Å². The van der Waals surface area contributed by atoms with Gasteiger partial charge in [-0.15, -0.1) is 0 Å². The van der Waals surface area contributed by atoms with E-state index in [0.717, 1.165) is 37.9 Å². The summed E-state index contributed by atoms with van der Waals surface area (Å²) in [6.45, 7) is 9.18. The Bertz CT molecular complexity index is 1460. The Labute approximate surface area is 275 Å². The van der Waals surface area contributed by atoms with Crippen LogP contribution in [0.3, 0.4) is 0 Å². The maximum Gasteiger partial charge on any atom is 0.490 e. The van der Waals surface area contributed by atoms with Crippen LogP contribution in [0.4, 0.5) is 28.0 Å². The number of amides is 3. The molecule has 5 rings (SSSR count). The molecule has 46 heavy (non-hydrogen) atoms. The van der Waals surface area contributed by atoms with Crippen molar-refractivity contribution in [1.29, 1.82) is 0 Å². The van der Waals surface area contributed by atoms with Gasteiger partial charge in [0, 0.05) is 29.4 Å². The van der Waals surface area contributed by atoms with E-state index in [1.165, 1.54) is 6.07 Å². The van der Waals surface area contributed by atoms with E-state index in [1.54, 1.807) is 29.2 Å². The number of nitrogens with one attached hydrogen (secondary N) is 3. The van der Waals surface area contributed by atoms with Gasteiger partial charge in [-0.2, -0.15) is 13.2 Å². The number of hydrogen-bond acceptors (Lipinski definition) is 4. The van der Waals surface area contributed by atoms with Crippen molar-refractivity contribution in [3.8, 4) is 0 Å². The zero-order valence-corrected chi connectivity index (χ0v) is 27.3. The fourth-order valence-electron chi connectivity index (χ4n) is 6.93. The van der Waals surface area contributed by atoms with Crippen molar-refractivity contribution in [2.75, 3.05) is 31.5 Å². The Kier molecular flexibility index (Phi) is 10.8. The normalized spacial score (nSPS) is 23.1. The van der Waals surface area contributed by atoms with E-state index in [2.05, 4.69) is 36.7 Å². The van der Waals surface area contributed by atoms with Crippen molar-refractivity contribution < 1.29 is 37.1 Å². The smallest absolute Gasteiger partial charge is 0.475 e. The SMILES string of the molecule is CC(C)(C)CC1CN(C(=O)NCCC2CCNCC2)C(c2cccc(Cl)c2F)[C@]12C(=O)Nc1cc(Cl)ccc12.O=C(O)C(F)(F)F. The fourth-order valence-corrected chi connectivity index (χ4v) is 7.28. The number of nitrogens with zero attached hydrogens (tertiary/aromatic N) is 1. The lowest BCUT2D eigenvalue weighted by molar-refractivity contribution is -0.192. The molecule has 2 fully saturated rings. The first-order valence-corrected chi connectivity index (χ1v) is 15.8. The summed E-state index contributed by atoms with van der Waals surface area (Å²) in [6, 6.07) is 8.95. The zero-order valence-electron chi connectivity index (χ0n) is 25.7. The number of carboxylic acids is 1. The number of fused-ring (bicyclic) bond motifs is 2. The Morgan fingerprint density at radius 3 is 2.37 bits per heavy atom. The van der Waals surface area contributed by atoms with E-state index in [-0.39, 0.29) is 33.9 Å². The molecule has 0 aromatic heterocycles. The predicted octanol–water partition coefficient (Wildman–Crippen LogP) is 7.16. The summed E-state index contributed by atoms with van der Waals surface area (Å²) in [5.41, 5.74) is 0.231. The molecule has 252 valence electrons. The van der Waals surface area contributed by atoms with Crippen molar-refractivity contribution in [2.24, 2.45) is 17.3 Å². The summed E-state index contributed by atoms with van der Waals surface area (Å²) in [5, 5.41) is 17.1. The number of alkyl halides is 3. The van der Waals surface area contributed by atoms with E-state index >= 15 is 4.39 Å². The maximum atomic E-state index is 15.8. The van der Waals surface area contributed by atoms with Gasteiger partial charge in [-0.05, 0) is 79.8 Å². The van der Waals surface area contributed by atoms with Crippen LogP contribution in [0.15, 0.2) is 36.4 Å². The van der Waals surface area contributed by atoms with Crippen LogP contribution in [0.1, 0.15) is 63.6 Å². The lowest BCUT2D eigenvalue weighted by Gasteiger charge is -2.38. The number of likely N-dealkylation sites (tertiary alicyclic amines) is 1. The van der Waals surface area contributed by atoms with Gasteiger partial charge in [0.05, 0.1) is 11.1 Å². The molecule has 2 saturated heterocycles. The molecular weight excluding hydrogens is 651 g/mol. The van der Waals surface area contributed by atoms with E-state index in [0.29, 0.717) is 36.1 Å². The van der Waals surface area contributed by atoms with E-state index < -0.39 is 29.4 Å². The van der Waals surface area contributed by atoms with E-state index in [9.17, 15) is 22.8 Å². The third kappa shape index (κ3) is 7.55. The molecule has 0 aliphatic carbocycles. The minimum atomic E-state index is -5.08. The molecule has 14 heteroatoms. The number of carboxylic acid groups (broad SMARTS) is 1. The molecule has 1 spiro atoms. The Balaban J connectivity index is 0.000000617. The second kappa shape index (κ2) is 13.9. The third-order valence-electron chi connectivity index (χ3n) is 8.78. The van der Waals surface area contributed by atoms with Gasteiger partial charge < -0.3 is 26.0 Å². The highest BCUT2D eigenvalue weighted by Crippen LogP contribution is 2.60. The molecule has 0 saturated carbocycles. The second-order valence-electron chi connectivity index (χ2n) is 13.2. The standard InChI is InChI=1S/C30H37Cl2FN4O2.C2HF3O2/c1-29(2,3)16-19-17-37(28(39)35-14-11-18-9-12-34-13-10-18)26(21-5-4-6-23(32)25(21)33)30(19)22-8-7-20(31)15-24(22)36-27(30)38;3-2(4,5)1(6)7/h4-8,15,18-19,26,34H,9-14,16-17H2,1-3H3,(H,35,39)(H,36,38);(H,6,7)/t19?,26?,30-;/m0./s1.